The van der Waals surface area contributed by atoms with Gasteiger partial charge in [0.1, 0.15) is 0 Å². The number of nitrogens with zero attached hydrogens (tertiary/aromatic N) is 1. The third-order valence-electron chi connectivity index (χ3n) is 5.03. The van der Waals surface area contributed by atoms with Gasteiger partial charge in [0.05, 0.1) is 6.04 Å². The van der Waals surface area contributed by atoms with Crippen molar-refractivity contribution >= 4 is 5.91 Å². The largest absolute Gasteiger partial charge is 0.338 e. The maximum atomic E-state index is 12.4. The Morgan fingerprint density at radius 3 is 2.29 bits per heavy atom. The second-order valence-corrected chi connectivity index (χ2v) is 7.53. The van der Waals surface area contributed by atoms with E-state index in [1.165, 1.54) is 0 Å². The van der Waals surface area contributed by atoms with Crippen LogP contribution in [0.15, 0.2) is 0 Å². The maximum absolute atomic E-state index is 12.4. The average Bonchev–Trinajstić information content (AvgIpc) is 2.53. The minimum Gasteiger partial charge on any atom is -0.338 e. The molecule has 3 heteroatoms. The second-order valence-electron chi connectivity index (χ2n) is 7.53. The fourth-order valence-corrected chi connectivity index (χ4v) is 3.50. The molecule has 1 amide bonds. The first-order valence-electron chi connectivity index (χ1n) is 6.64. The molecular formula is C14H26N2O. The number of fused-ring (bicyclic) bond motifs is 1. The van der Waals surface area contributed by atoms with Gasteiger partial charge in [-0.25, -0.2) is 0 Å². The highest BCUT2D eigenvalue weighted by Crippen LogP contribution is 2.64. The van der Waals surface area contributed by atoms with Crippen LogP contribution in [0.2, 0.25) is 0 Å². The Kier molecular flexibility index (Phi) is 2.63. The van der Waals surface area contributed by atoms with E-state index >= 15 is 0 Å². The Balaban J connectivity index is 2.05. The highest BCUT2D eigenvalue weighted by molar-refractivity contribution is 5.83. The SMILES string of the molecule is C[C@@H]1[C@@H]2[C@H](CN1C(=O)[C@@H](N)C(C)(C)C)C2(C)C. The zero-order valence-corrected chi connectivity index (χ0v) is 11.9. The van der Waals surface area contributed by atoms with E-state index in [0.717, 1.165) is 6.54 Å². The van der Waals surface area contributed by atoms with Crippen molar-refractivity contribution in [1.29, 1.82) is 0 Å². The van der Waals surface area contributed by atoms with E-state index < -0.39 is 0 Å². The molecule has 0 unspecified atom stereocenters. The van der Waals surface area contributed by atoms with Gasteiger partial charge in [0.15, 0.2) is 0 Å². The highest BCUT2D eigenvalue weighted by atomic mass is 16.2. The van der Waals surface area contributed by atoms with Crippen LogP contribution in [0.3, 0.4) is 0 Å². The Bertz CT molecular complexity index is 343. The van der Waals surface area contributed by atoms with Gasteiger partial charge in [-0.3, -0.25) is 4.79 Å². The first-order valence-corrected chi connectivity index (χ1v) is 6.64. The summed E-state index contributed by atoms with van der Waals surface area (Å²) in [7, 11) is 0. The third kappa shape index (κ3) is 1.79. The van der Waals surface area contributed by atoms with Gasteiger partial charge in [-0.1, -0.05) is 34.6 Å². The van der Waals surface area contributed by atoms with Gasteiger partial charge in [0, 0.05) is 12.6 Å². The quantitative estimate of drug-likeness (QED) is 0.758. The smallest absolute Gasteiger partial charge is 0.240 e. The fourth-order valence-electron chi connectivity index (χ4n) is 3.50. The van der Waals surface area contributed by atoms with Gasteiger partial charge in [0.25, 0.3) is 0 Å². The van der Waals surface area contributed by atoms with Crippen molar-refractivity contribution in [3.8, 4) is 0 Å². The summed E-state index contributed by atoms with van der Waals surface area (Å²) in [6.45, 7) is 13.8. The van der Waals surface area contributed by atoms with Crippen LogP contribution in [-0.2, 0) is 4.79 Å². The molecule has 17 heavy (non-hydrogen) atoms. The molecule has 1 heterocycles. The first-order chi connectivity index (χ1) is 7.58. The van der Waals surface area contributed by atoms with Crippen LogP contribution >= 0.6 is 0 Å². The van der Waals surface area contributed by atoms with Crippen LogP contribution in [0.25, 0.3) is 0 Å². The third-order valence-corrected chi connectivity index (χ3v) is 5.03. The number of carbonyl (C=O) groups excluding carboxylic acids is 1. The van der Waals surface area contributed by atoms with Crippen molar-refractivity contribution in [3.63, 3.8) is 0 Å². The predicted molar refractivity (Wildman–Crippen MR) is 69.4 cm³/mol. The van der Waals surface area contributed by atoms with Crippen molar-refractivity contribution in [2.24, 2.45) is 28.4 Å². The van der Waals surface area contributed by atoms with Crippen molar-refractivity contribution in [2.45, 2.75) is 53.6 Å². The summed E-state index contributed by atoms with van der Waals surface area (Å²) in [6, 6.07) is -0.0264. The van der Waals surface area contributed by atoms with Crippen molar-refractivity contribution < 1.29 is 4.79 Å². The van der Waals surface area contributed by atoms with Gasteiger partial charge in [-0.2, -0.15) is 0 Å². The molecule has 1 saturated carbocycles. The molecule has 0 spiro atoms. The molecular weight excluding hydrogens is 212 g/mol. The standard InChI is InChI=1S/C14H26N2O/c1-8-10-9(14(10,5)6)7-16(8)12(17)11(15)13(2,3)4/h8-11H,7,15H2,1-6H3/t8-,9+,10-,11-/m1/s1. The lowest BCUT2D eigenvalue weighted by atomic mass is 9.86. The van der Waals surface area contributed by atoms with Crippen LogP contribution < -0.4 is 5.73 Å². The van der Waals surface area contributed by atoms with E-state index in [2.05, 4.69) is 20.8 Å². The lowest BCUT2D eigenvalue weighted by molar-refractivity contribution is -0.136. The number of likely N-dealkylation sites (tertiary alicyclic amines) is 1. The van der Waals surface area contributed by atoms with Gasteiger partial charge in [-0.05, 0) is 29.6 Å². The Labute approximate surface area is 105 Å². The summed E-state index contributed by atoms with van der Waals surface area (Å²) in [5.74, 6) is 1.50. The van der Waals surface area contributed by atoms with E-state index in [4.69, 9.17) is 5.73 Å². The zero-order chi connectivity index (χ0) is 13.2. The van der Waals surface area contributed by atoms with E-state index in [1.807, 2.05) is 25.7 Å². The van der Waals surface area contributed by atoms with Crippen LogP contribution in [0.5, 0.6) is 0 Å². The number of hydrogen-bond acceptors (Lipinski definition) is 2. The number of nitrogens with two attached hydrogens (primary N) is 1. The second kappa shape index (κ2) is 3.47. The molecule has 0 bridgehead atoms. The summed E-state index contributed by atoms with van der Waals surface area (Å²) in [4.78, 5) is 14.4. The summed E-state index contributed by atoms with van der Waals surface area (Å²) < 4.78 is 0. The molecule has 0 aromatic heterocycles. The Morgan fingerprint density at radius 2 is 1.94 bits per heavy atom. The van der Waals surface area contributed by atoms with Gasteiger partial charge in [0.2, 0.25) is 5.91 Å². The molecule has 98 valence electrons. The molecule has 0 aromatic rings. The molecule has 0 aromatic carbocycles. The minimum absolute atomic E-state index is 0.132. The van der Waals surface area contributed by atoms with Crippen LogP contribution in [-0.4, -0.2) is 29.4 Å². The number of hydrogen-bond donors (Lipinski definition) is 1. The van der Waals surface area contributed by atoms with Crippen LogP contribution in [0.4, 0.5) is 0 Å². The average molecular weight is 238 g/mol. The first kappa shape index (κ1) is 12.9. The fraction of sp³-hybridized carbons (Fsp3) is 0.929. The Hall–Kier alpha value is -0.570. The van der Waals surface area contributed by atoms with Crippen molar-refractivity contribution in [1.82, 2.24) is 4.90 Å². The zero-order valence-electron chi connectivity index (χ0n) is 11.9. The number of carbonyl (C=O) groups is 1. The van der Waals surface area contributed by atoms with Gasteiger partial charge in [-0.15, -0.1) is 0 Å². The lowest BCUT2D eigenvalue weighted by Crippen LogP contribution is -2.52. The minimum atomic E-state index is -0.384. The predicted octanol–water partition coefficient (Wildman–Crippen LogP) is 1.86. The summed E-state index contributed by atoms with van der Waals surface area (Å²) in [6.07, 6.45) is 0. The summed E-state index contributed by atoms with van der Waals surface area (Å²) in [5.41, 5.74) is 6.35. The summed E-state index contributed by atoms with van der Waals surface area (Å²) in [5, 5.41) is 0. The van der Waals surface area contributed by atoms with E-state index in [9.17, 15) is 4.79 Å². The molecule has 3 nitrogen and oxygen atoms in total. The monoisotopic (exact) mass is 238 g/mol. The van der Waals surface area contributed by atoms with Crippen LogP contribution in [0.1, 0.15) is 41.5 Å². The Morgan fingerprint density at radius 1 is 1.41 bits per heavy atom. The number of amides is 1. The molecule has 2 aliphatic rings. The summed E-state index contributed by atoms with van der Waals surface area (Å²) >= 11 is 0. The lowest BCUT2D eigenvalue weighted by Gasteiger charge is -2.34. The molecule has 1 aliphatic carbocycles. The van der Waals surface area contributed by atoms with Gasteiger partial charge < -0.3 is 10.6 Å². The molecule has 2 N–H and O–H groups in total. The van der Waals surface area contributed by atoms with E-state index in [1.54, 1.807) is 0 Å². The van der Waals surface area contributed by atoms with Crippen molar-refractivity contribution in [2.75, 3.05) is 6.54 Å². The van der Waals surface area contributed by atoms with E-state index in [-0.39, 0.29) is 17.4 Å². The molecule has 0 radical (unpaired) electrons. The topological polar surface area (TPSA) is 46.3 Å². The molecule has 1 aliphatic heterocycles. The number of rotatable bonds is 1. The highest BCUT2D eigenvalue weighted by Gasteiger charge is 2.66. The normalized spacial score (nSPS) is 36.6. The maximum Gasteiger partial charge on any atom is 0.240 e. The molecule has 2 rings (SSSR count). The van der Waals surface area contributed by atoms with E-state index in [0.29, 0.717) is 23.3 Å². The van der Waals surface area contributed by atoms with Gasteiger partial charge >= 0.3 is 0 Å². The molecule has 1 saturated heterocycles. The number of piperidine rings is 1. The molecule has 4 atom stereocenters. The van der Waals surface area contributed by atoms with Crippen LogP contribution in [0, 0.1) is 22.7 Å². The molecule has 2 fully saturated rings. The van der Waals surface area contributed by atoms with Crippen molar-refractivity contribution in [3.05, 3.63) is 0 Å².